The first-order valence-electron chi connectivity index (χ1n) is 5.87. The maximum Gasteiger partial charge on any atom is 0.244 e. The fourth-order valence-electron chi connectivity index (χ4n) is 1.10. The third-order valence-electron chi connectivity index (χ3n) is 1.98. The molecule has 0 aromatic rings. The van der Waals surface area contributed by atoms with Crippen LogP contribution in [0, 0.1) is 0 Å². The molecule has 0 fully saturated rings. The van der Waals surface area contributed by atoms with E-state index in [2.05, 4.69) is 12.2 Å². The van der Waals surface area contributed by atoms with Crippen molar-refractivity contribution in [3.05, 3.63) is 11.5 Å². The first-order chi connectivity index (χ1) is 7.31. The molecule has 1 amide bonds. The smallest absolute Gasteiger partial charge is 0.244 e. The summed E-state index contributed by atoms with van der Waals surface area (Å²) >= 11 is 1.72. The molecule has 0 aromatic carbocycles. The number of hydrogen-bond donors (Lipinski definition) is 1. The SMILES string of the molecule is CCCCCCSC=CC(=O)NCCC. The van der Waals surface area contributed by atoms with E-state index in [1.807, 2.05) is 12.3 Å². The molecule has 3 heteroatoms. The molecule has 0 rings (SSSR count). The molecule has 0 aliphatic rings. The molecule has 0 radical (unpaired) electrons. The Morgan fingerprint density at radius 1 is 1.20 bits per heavy atom. The van der Waals surface area contributed by atoms with Crippen LogP contribution in [0.1, 0.15) is 46.0 Å². The van der Waals surface area contributed by atoms with Crippen molar-refractivity contribution in [2.24, 2.45) is 0 Å². The van der Waals surface area contributed by atoms with E-state index < -0.39 is 0 Å². The van der Waals surface area contributed by atoms with Gasteiger partial charge in [-0.3, -0.25) is 4.79 Å². The van der Waals surface area contributed by atoms with Crippen LogP contribution in [0.5, 0.6) is 0 Å². The van der Waals surface area contributed by atoms with Crippen LogP contribution < -0.4 is 5.32 Å². The number of amides is 1. The number of nitrogens with one attached hydrogen (secondary N) is 1. The highest BCUT2D eigenvalue weighted by atomic mass is 32.2. The van der Waals surface area contributed by atoms with Crippen LogP contribution in [0.3, 0.4) is 0 Å². The van der Waals surface area contributed by atoms with Gasteiger partial charge in [0.25, 0.3) is 0 Å². The molecule has 0 bridgehead atoms. The van der Waals surface area contributed by atoms with E-state index in [0.717, 1.165) is 18.7 Å². The van der Waals surface area contributed by atoms with Crippen LogP contribution in [-0.2, 0) is 4.79 Å². The minimum Gasteiger partial charge on any atom is -0.353 e. The third kappa shape index (κ3) is 11.5. The minimum atomic E-state index is 0.0258. The van der Waals surface area contributed by atoms with Gasteiger partial charge in [-0.2, -0.15) is 0 Å². The van der Waals surface area contributed by atoms with Crippen LogP contribution in [0.2, 0.25) is 0 Å². The van der Waals surface area contributed by atoms with E-state index in [9.17, 15) is 4.79 Å². The Bertz CT molecular complexity index is 180. The molecule has 0 heterocycles. The Balaban J connectivity index is 3.26. The van der Waals surface area contributed by atoms with Crippen molar-refractivity contribution < 1.29 is 4.79 Å². The second kappa shape index (κ2) is 11.6. The summed E-state index contributed by atoms with van der Waals surface area (Å²) in [6.07, 6.45) is 7.77. The van der Waals surface area contributed by atoms with Gasteiger partial charge in [0.05, 0.1) is 0 Å². The largest absolute Gasteiger partial charge is 0.353 e. The van der Waals surface area contributed by atoms with Crippen molar-refractivity contribution in [3.63, 3.8) is 0 Å². The first-order valence-corrected chi connectivity index (χ1v) is 6.92. The van der Waals surface area contributed by atoms with Gasteiger partial charge in [0.1, 0.15) is 0 Å². The minimum absolute atomic E-state index is 0.0258. The van der Waals surface area contributed by atoms with Gasteiger partial charge in [0.2, 0.25) is 5.91 Å². The molecule has 0 saturated heterocycles. The predicted molar refractivity (Wildman–Crippen MR) is 69.0 cm³/mol. The van der Waals surface area contributed by atoms with Crippen LogP contribution in [-0.4, -0.2) is 18.2 Å². The van der Waals surface area contributed by atoms with Crippen molar-refractivity contribution in [1.82, 2.24) is 5.32 Å². The summed E-state index contributed by atoms with van der Waals surface area (Å²) in [5.41, 5.74) is 0. The topological polar surface area (TPSA) is 29.1 Å². The summed E-state index contributed by atoms with van der Waals surface area (Å²) in [6.45, 7) is 5.03. The summed E-state index contributed by atoms with van der Waals surface area (Å²) < 4.78 is 0. The lowest BCUT2D eigenvalue weighted by molar-refractivity contribution is -0.116. The lowest BCUT2D eigenvalue weighted by atomic mass is 10.2. The van der Waals surface area contributed by atoms with Crippen LogP contribution in [0.25, 0.3) is 0 Å². The molecule has 1 N–H and O–H groups in total. The normalized spacial score (nSPS) is 10.8. The molecule has 0 atom stereocenters. The maximum absolute atomic E-state index is 11.1. The number of carbonyl (C=O) groups is 1. The highest BCUT2D eigenvalue weighted by Gasteiger charge is 1.91. The summed E-state index contributed by atoms with van der Waals surface area (Å²) in [7, 11) is 0. The van der Waals surface area contributed by atoms with E-state index in [0.29, 0.717) is 0 Å². The summed E-state index contributed by atoms with van der Waals surface area (Å²) in [5.74, 6) is 1.15. The standard InChI is InChI=1S/C12H23NOS/c1-3-5-6-7-10-15-11-8-12(14)13-9-4-2/h8,11H,3-7,9-10H2,1-2H3,(H,13,14). The number of rotatable bonds is 9. The maximum atomic E-state index is 11.1. The lowest BCUT2D eigenvalue weighted by Crippen LogP contribution is -2.21. The molecule has 0 aliphatic heterocycles. The van der Waals surface area contributed by atoms with Gasteiger partial charge in [-0.25, -0.2) is 0 Å². The number of unbranched alkanes of at least 4 members (excludes halogenated alkanes) is 3. The van der Waals surface area contributed by atoms with Gasteiger partial charge in [-0.15, -0.1) is 11.8 Å². The highest BCUT2D eigenvalue weighted by Crippen LogP contribution is 2.08. The van der Waals surface area contributed by atoms with E-state index in [1.165, 1.54) is 25.7 Å². The molecule has 0 spiro atoms. The third-order valence-corrected chi connectivity index (χ3v) is 2.83. The number of hydrogen-bond acceptors (Lipinski definition) is 2. The van der Waals surface area contributed by atoms with Crippen LogP contribution in [0.4, 0.5) is 0 Å². The summed E-state index contributed by atoms with van der Waals surface area (Å²) in [5, 5.41) is 4.70. The Hall–Kier alpha value is -0.440. The first kappa shape index (κ1) is 14.6. The van der Waals surface area contributed by atoms with Gasteiger partial charge in [-0.05, 0) is 24.0 Å². The van der Waals surface area contributed by atoms with Gasteiger partial charge < -0.3 is 5.32 Å². The highest BCUT2D eigenvalue weighted by molar-refractivity contribution is 8.02. The molecule has 0 aliphatic carbocycles. The van der Waals surface area contributed by atoms with E-state index >= 15 is 0 Å². The average molecular weight is 229 g/mol. The van der Waals surface area contributed by atoms with Crippen molar-refractivity contribution in [2.45, 2.75) is 46.0 Å². The summed E-state index contributed by atoms with van der Waals surface area (Å²) in [6, 6.07) is 0. The fourth-order valence-corrected chi connectivity index (χ4v) is 1.82. The Morgan fingerprint density at radius 2 is 2.00 bits per heavy atom. The van der Waals surface area contributed by atoms with Crippen molar-refractivity contribution in [2.75, 3.05) is 12.3 Å². The van der Waals surface area contributed by atoms with Crippen molar-refractivity contribution >= 4 is 17.7 Å². The number of thioether (sulfide) groups is 1. The molecular weight excluding hydrogens is 206 g/mol. The van der Waals surface area contributed by atoms with Gasteiger partial charge in [0, 0.05) is 12.6 Å². The second-order valence-corrected chi connectivity index (χ2v) is 4.54. The van der Waals surface area contributed by atoms with Crippen molar-refractivity contribution in [1.29, 1.82) is 0 Å². The fraction of sp³-hybridized carbons (Fsp3) is 0.750. The van der Waals surface area contributed by atoms with Gasteiger partial charge >= 0.3 is 0 Å². The average Bonchev–Trinajstić information content (AvgIpc) is 2.25. The Labute approximate surface area is 97.9 Å². The quantitative estimate of drug-likeness (QED) is 0.485. The molecular formula is C12H23NOS. The zero-order chi connectivity index (χ0) is 11.4. The van der Waals surface area contributed by atoms with E-state index in [-0.39, 0.29) is 5.91 Å². The molecule has 2 nitrogen and oxygen atoms in total. The second-order valence-electron chi connectivity index (χ2n) is 3.53. The zero-order valence-corrected chi connectivity index (χ0v) is 10.7. The monoisotopic (exact) mass is 229 g/mol. The molecule has 0 unspecified atom stereocenters. The van der Waals surface area contributed by atoms with Gasteiger partial charge in [0.15, 0.2) is 0 Å². The van der Waals surface area contributed by atoms with Crippen LogP contribution in [0.15, 0.2) is 11.5 Å². The lowest BCUT2D eigenvalue weighted by Gasteiger charge is -1.98. The molecule has 15 heavy (non-hydrogen) atoms. The van der Waals surface area contributed by atoms with E-state index in [1.54, 1.807) is 17.8 Å². The van der Waals surface area contributed by atoms with E-state index in [4.69, 9.17) is 0 Å². The molecule has 0 saturated carbocycles. The predicted octanol–water partition coefficient (Wildman–Crippen LogP) is 3.34. The Morgan fingerprint density at radius 3 is 2.67 bits per heavy atom. The van der Waals surface area contributed by atoms with Gasteiger partial charge in [-0.1, -0.05) is 33.1 Å². The summed E-state index contributed by atoms with van der Waals surface area (Å²) in [4.78, 5) is 11.1. The zero-order valence-electron chi connectivity index (χ0n) is 9.92. The molecule has 88 valence electrons. The Kier molecular flexibility index (Phi) is 11.3. The van der Waals surface area contributed by atoms with Crippen LogP contribution >= 0.6 is 11.8 Å². The van der Waals surface area contributed by atoms with Crippen molar-refractivity contribution in [3.8, 4) is 0 Å². The number of carbonyl (C=O) groups excluding carboxylic acids is 1. The molecule has 0 aromatic heterocycles.